The van der Waals surface area contributed by atoms with E-state index in [-0.39, 0.29) is 5.91 Å². The lowest BCUT2D eigenvalue weighted by Gasteiger charge is -2.26. The molecule has 6 nitrogen and oxygen atoms in total. The molecule has 3 rings (SSSR count). The highest BCUT2D eigenvalue weighted by Gasteiger charge is 2.20. The molecule has 1 aliphatic rings. The minimum absolute atomic E-state index is 0.111. The van der Waals surface area contributed by atoms with Crippen LogP contribution in [0.5, 0.6) is 0 Å². The Morgan fingerprint density at radius 1 is 1.35 bits per heavy atom. The van der Waals surface area contributed by atoms with Crippen LogP contribution in [0.25, 0.3) is 10.9 Å². The molecule has 0 bridgehead atoms. The van der Waals surface area contributed by atoms with Crippen LogP contribution in [0, 0.1) is 5.92 Å². The molecule has 1 aliphatic heterocycles. The van der Waals surface area contributed by atoms with Gasteiger partial charge in [0.1, 0.15) is 0 Å². The van der Waals surface area contributed by atoms with Crippen LogP contribution in [-0.4, -0.2) is 48.9 Å². The van der Waals surface area contributed by atoms with Gasteiger partial charge in [-0.05, 0) is 56.9 Å². The summed E-state index contributed by atoms with van der Waals surface area (Å²) in [5.41, 5.74) is 6.44. The number of hydrogen-bond acceptors (Lipinski definition) is 4. The Hall–Kier alpha value is -1.89. The van der Waals surface area contributed by atoms with E-state index in [0.717, 1.165) is 42.4 Å². The fourth-order valence-corrected chi connectivity index (χ4v) is 3.54. The maximum Gasteiger partial charge on any atom is 0.229 e. The van der Waals surface area contributed by atoms with E-state index in [1.807, 2.05) is 24.4 Å². The van der Waals surface area contributed by atoms with Crippen LogP contribution in [0.3, 0.4) is 0 Å². The highest BCUT2D eigenvalue weighted by molar-refractivity contribution is 6.35. The quantitative estimate of drug-likeness (QED) is 0.673. The zero-order valence-corrected chi connectivity index (χ0v) is 15.9. The fraction of sp³-hybridized carbons (Fsp3) is 0.474. The number of nitrogens with one attached hydrogen (secondary N) is 2. The smallest absolute Gasteiger partial charge is 0.229 e. The number of aromatic nitrogens is 1. The molecule has 0 aliphatic carbocycles. The molecular weight excluding hydrogens is 352 g/mol. The standard InChI is InChI=1S/C18H22ClN3O2.CH5N/c19-16-3-1-2-15-14(10-21-18(15)16)4-5-17(24)22(12-23)11-13-6-8-20-9-7-13;1-2/h1-3,10,12-13,20-21H,4-9,11H2;2H2,1H3. The number of hydrogen-bond donors (Lipinski definition) is 3. The van der Waals surface area contributed by atoms with E-state index in [1.165, 1.54) is 11.9 Å². The van der Waals surface area contributed by atoms with Crippen LogP contribution >= 0.6 is 11.6 Å². The number of carbonyl (C=O) groups is 2. The van der Waals surface area contributed by atoms with Crippen molar-refractivity contribution in [1.29, 1.82) is 0 Å². The zero-order chi connectivity index (χ0) is 18.9. The monoisotopic (exact) mass is 378 g/mol. The first-order valence-corrected chi connectivity index (χ1v) is 9.34. The van der Waals surface area contributed by atoms with Crippen LogP contribution in [-0.2, 0) is 16.0 Å². The number of aryl methyl sites for hydroxylation is 1. The van der Waals surface area contributed by atoms with E-state index in [1.54, 1.807) is 0 Å². The first kappa shape index (κ1) is 20.4. The number of amides is 2. The number of aromatic amines is 1. The molecular formula is C19H27ClN4O2. The van der Waals surface area contributed by atoms with Crippen molar-refractivity contribution in [2.24, 2.45) is 11.7 Å². The number of nitrogens with zero attached hydrogens (tertiary/aromatic N) is 1. The molecule has 1 aromatic carbocycles. The number of nitrogens with two attached hydrogens (primary N) is 1. The van der Waals surface area contributed by atoms with Crippen molar-refractivity contribution in [3.05, 3.63) is 35.0 Å². The van der Waals surface area contributed by atoms with E-state index < -0.39 is 0 Å². The Bertz CT molecular complexity index is 725. The predicted molar refractivity (Wildman–Crippen MR) is 105 cm³/mol. The summed E-state index contributed by atoms with van der Waals surface area (Å²) in [5, 5.41) is 5.00. The first-order chi connectivity index (χ1) is 12.7. The van der Waals surface area contributed by atoms with Gasteiger partial charge >= 0.3 is 0 Å². The minimum atomic E-state index is -0.111. The Balaban J connectivity index is 0.00000117. The summed E-state index contributed by atoms with van der Waals surface area (Å²) in [6, 6.07) is 5.73. The van der Waals surface area contributed by atoms with E-state index in [0.29, 0.717) is 36.7 Å². The van der Waals surface area contributed by atoms with Crippen molar-refractivity contribution in [3.63, 3.8) is 0 Å². The lowest BCUT2D eigenvalue weighted by Crippen LogP contribution is -2.38. The van der Waals surface area contributed by atoms with Crippen LogP contribution in [0.2, 0.25) is 5.02 Å². The van der Waals surface area contributed by atoms with Crippen molar-refractivity contribution in [2.75, 3.05) is 26.7 Å². The van der Waals surface area contributed by atoms with Gasteiger partial charge in [0.25, 0.3) is 0 Å². The maximum absolute atomic E-state index is 12.4. The molecule has 1 aromatic heterocycles. The topological polar surface area (TPSA) is 91.2 Å². The number of halogens is 1. The van der Waals surface area contributed by atoms with Gasteiger partial charge in [0, 0.05) is 24.5 Å². The summed E-state index contributed by atoms with van der Waals surface area (Å²) >= 11 is 6.16. The summed E-state index contributed by atoms with van der Waals surface area (Å²) < 4.78 is 0. The number of imide groups is 1. The third kappa shape index (κ3) is 5.06. The van der Waals surface area contributed by atoms with Gasteiger partial charge in [0.05, 0.1) is 10.5 Å². The summed E-state index contributed by atoms with van der Waals surface area (Å²) in [4.78, 5) is 28.2. The molecule has 0 radical (unpaired) electrons. The van der Waals surface area contributed by atoms with Crippen LogP contribution in [0.1, 0.15) is 24.8 Å². The summed E-state index contributed by atoms with van der Waals surface area (Å²) in [5.74, 6) is 0.298. The number of rotatable bonds is 6. The predicted octanol–water partition coefficient (Wildman–Crippen LogP) is 2.31. The first-order valence-electron chi connectivity index (χ1n) is 8.96. The Morgan fingerprint density at radius 2 is 2.08 bits per heavy atom. The molecule has 7 heteroatoms. The Labute approximate surface area is 159 Å². The summed E-state index contributed by atoms with van der Waals surface area (Å²) in [7, 11) is 1.50. The van der Waals surface area contributed by atoms with E-state index in [2.05, 4.69) is 16.0 Å². The van der Waals surface area contributed by atoms with Gasteiger partial charge in [-0.1, -0.05) is 23.7 Å². The van der Waals surface area contributed by atoms with Crippen molar-refractivity contribution in [2.45, 2.75) is 25.7 Å². The molecule has 26 heavy (non-hydrogen) atoms. The van der Waals surface area contributed by atoms with E-state index in [4.69, 9.17) is 11.6 Å². The van der Waals surface area contributed by atoms with Gasteiger partial charge in [-0.2, -0.15) is 0 Å². The summed E-state index contributed by atoms with van der Waals surface area (Å²) in [6.07, 6.45) is 5.51. The molecule has 4 N–H and O–H groups in total. The number of carbonyl (C=O) groups excluding carboxylic acids is 2. The van der Waals surface area contributed by atoms with Gasteiger partial charge < -0.3 is 16.0 Å². The molecule has 2 heterocycles. The normalized spacial score (nSPS) is 14.6. The fourth-order valence-electron chi connectivity index (χ4n) is 3.31. The number of benzene rings is 1. The zero-order valence-electron chi connectivity index (χ0n) is 15.1. The second kappa shape index (κ2) is 10.3. The summed E-state index contributed by atoms with van der Waals surface area (Å²) in [6.45, 7) is 2.45. The molecule has 2 amide bonds. The van der Waals surface area contributed by atoms with Gasteiger partial charge in [-0.15, -0.1) is 0 Å². The van der Waals surface area contributed by atoms with E-state index >= 15 is 0 Å². The molecule has 1 saturated heterocycles. The molecule has 142 valence electrons. The third-order valence-corrected chi connectivity index (χ3v) is 5.03. The average molecular weight is 379 g/mol. The highest BCUT2D eigenvalue weighted by Crippen LogP contribution is 2.26. The molecule has 0 saturated carbocycles. The van der Waals surface area contributed by atoms with E-state index in [9.17, 15) is 9.59 Å². The van der Waals surface area contributed by atoms with Crippen LogP contribution < -0.4 is 11.1 Å². The molecule has 0 atom stereocenters. The second-order valence-electron chi connectivity index (χ2n) is 6.32. The number of fused-ring (bicyclic) bond motifs is 1. The Morgan fingerprint density at radius 3 is 2.77 bits per heavy atom. The maximum atomic E-state index is 12.4. The third-order valence-electron chi connectivity index (χ3n) is 4.72. The van der Waals surface area contributed by atoms with Gasteiger partial charge in [-0.25, -0.2) is 0 Å². The molecule has 1 fully saturated rings. The minimum Gasteiger partial charge on any atom is -0.360 e. The largest absolute Gasteiger partial charge is 0.360 e. The van der Waals surface area contributed by atoms with Crippen molar-refractivity contribution in [1.82, 2.24) is 15.2 Å². The van der Waals surface area contributed by atoms with Gasteiger partial charge in [0.15, 0.2) is 0 Å². The Kier molecular flexibility index (Phi) is 8.09. The van der Waals surface area contributed by atoms with Crippen molar-refractivity contribution < 1.29 is 9.59 Å². The SMILES string of the molecule is CN.O=CN(CC1CCNCC1)C(=O)CCc1c[nH]c2c(Cl)cccc12. The van der Waals surface area contributed by atoms with Gasteiger partial charge in [-0.3, -0.25) is 14.5 Å². The molecule has 0 unspecified atom stereocenters. The number of para-hydroxylation sites is 1. The lowest BCUT2D eigenvalue weighted by atomic mass is 9.97. The number of H-pyrrole nitrogens is 1. The highest BCUT2D eigenvalue weighted by atomic mass is 35.5. The van der Waals surface area contributed by atoms with Gasteiger partial charge in [0.2, 0.25) is 12.3 Å². The second-order valence-corrected chi connectivity index (χ2v) is 6.73. The molecule has 2 aromatic rings. The van der Waals surface area contributed by atoms with Crippen LogP contribution in [0.4, 0.5) is 0 Å². The van der Waals surface area contributed by atoms with Crippen molar-refractivity contribution >= 4 is 34.8 Å². The van der Waals surface area contributed by atoms with Crippen LogP contribution in [0.15, 0.2) is 24.4 Å². The number of piperidine rings is 1. The lowest BCUT2D eigenvalue weighted by molar-refractivity contribution is -0.138. The average Bonchev–Trinajstić information content (AvgIpc) is 3.11. The van der Waals surface area contributed by atoms with Crippen molar-refractivity contribution in [3.8, 4) is 0 Å². The molecule has 0 spiro atoms.